The Kier molecular flexibility index (Phi) is 1.93. The molecule has 0 unspecified atom stereocenters. The summed E-state index contributed by atoms with van der Waals surface area (Å²) in [5, 5.41) is 15.7. The summed E-state index contributed by atoms with van der Waals surface area (Å²) in [4.78, 5) is 3.01. The highest BCUT2D eigenvalue weighted by Gasteiger charge is 2.08. The van der Waals surface area contributed by atoms with Gasteiger partial charge in [0.2, 0.25) is 0 Å². The minimum absolute atomic E-state index is 0.0253. The van der Waals surface area contributed by atoms with Gasteiger partial charge in [0, 0.05) is 28.2 Å². The van der Waals surface area contributed by atoms with Gasteiger partial charge in [0.15, 0.2) is 0 Å². The van der Waals surface area contributed by atoms with E-state index in [4.69, 9.17) is 22.3 Å². The van der Waals surface area contributed by atoms with E-state index in [1.807, 2.05) is 6.07 Å². The molecule has 0 spiro atoms. The Morgan fingerprint density at radius 3 is 2.47 bits per heavy atom. The summed E-state index contributed by atoms with van der Waals surface area (Å²) in [6, 6.07) is 5.26. The molecule has 0 aliphatic heterocycles. The molecular weight excluding hydrogens is 190 g/mol. The van der Waals surface area contributed by atoms with E-state index in [9.17, 15) is 0 Å². The second kappa shape index (κ2) is 3.13. The number of nitrogens with two attached hydrogens (primary N) is 2. The van der Waals surface area contributed by atoms with E-state index in [0.717, 1.165) is 10.9 Å². The van der Waals surface area contributed by atoms with Crippen molar-refractivity contribution in [2.24, 2.45) is 11.5 Å². The number of nitrogen functional groups attached to an aromatic ring is 2. The van der Waals surface area contributed by atoms with Crippen LogP contribution < -0.4 is 11.5 Å². The third-order valence-electron chi connectivity index (χ3n) is 2.27. The van der Waals surface area contributed by atoms with E-state index in [1.54, 1.807) is 18.3 Å². The lowest BCUT2D eigenvalue weighted by Gasteiger charge is -2.04. The molecule has 0 amide bonds. The molecule has 1 heterocycles. The zero-order valence-electron chi connectivity index (χ0n) is 7.96. The quantitative estimate of drug-likeness (QED) is 0.364. The highest BCUT2D eigenvalue weighted by atomic mass is 14.7. The zero-order chi connectivity index (χ0) is 11.0. The monoisotopic (exact) mass is 201 g/mol. The fourth-order valence-corrected chi connectivity index (χ4v) is 1.55. The van der Waals surface area contributed by atoms with Crippen LogP contribution in [0.25, 0.3) is 10.9 Å². The van der Waals surface area contributed by atoms with Crippen molar-refractivity contribution in [3.05, 3.63) is 35.5 Å². The molecule has 1 aromatic carbocycles. The second-order valence-electron chi connectivity index (χ2n) is 3.29. The Morgan fingerprint density at radius 2 is 1.87 bits per heavy atom. The highest BCUT2D eigenvalue weighted by molar-refractivity contribution is 6.10. The zero-order valence-corrected chi connectivity index (χ0v) is 7.96. The number of hydrogen-bond acceptors (Lipinski definition) is 2. The minimum atomic E-state index is -0.0333. The van der Waals surface area contributed by atoms with Crippen LogP contribution in [0.2, 0.25) is 0 Å². The summed E-state index contributed by atoms with van der Waals surface area (Å²) in [5.74, 6) is -0.0586. The Bertz CT molecular complexity index is 552. The van der Waals surface area contributed by atoms with Crippen molar-refractivity contribution in [1.82, 2.24) is 4.98 Å². The molecule has 76 valence electrons. The van der Waals surface area contributed by atoms with Crippen molar-refractivity contribution in [1.29, 1.82) is 10.8 Å². The molecule has 0 radical (unpaired) electrons. The van der Waals surface area contributed by atoms with Crippen LogP contribution in [0.15, 0.2) is 24.4 Å². The predicted octanol–water partition coefficient (Wildman–Crippen LogP) is 0.736. The summed E-state index contributed by atoms with van der Waals surface area (Å²) in [7, 11) is 0. The molecule has 7 N–H and O–H groups in total. The molecular formula is C10H11N5. The fraction of sp³-hybridized carbons (Fsp3) is 0. The first-order chi connectivity index (χ1) is 7.09. The van der Waals surface area contributed by atoms with Crippen LogP contribution in [0.5, 0.6) is 0 Å². The lowest BCUT2D eigenvalue weighted by molar-refractivity contribution is 1.40. The number of hydrogen-bond donors (Lipinski definition) is 5. The molecule has 0 saturated carbocycles. The number of rotatable bonds is 2. The van der Waals surface area contributed by atoms with Crippen LogP contribution in [-0.2, 0) is 0 Å². The molecule has 5 nitrogen and oxygen atoms in total. The minimum Gasteiger partial charge on any atom is -0.384 e. The summed E-state index contributed by atoms with van der Waals surface area (Å²) in [5.41, 5.74) is 12.9. The van der Waals surface area contributed by atoms with E-state index in [2.05, 4.69) is 4.98 Å². The predicted molar refractivity (Wildman–Crippen MR) is 60.3 cm³/mol. The van der Waals surface area contributed by atoms with E-state index < -0.39 is 0 Å². The molecule has 0 aliphatic rings. The van der Waals surface area contributed by atoms with Gasteiger partial charge < -0.3 is 16.5 Å². The van der Waals surface area contributed by atoms with Crippen molar-refractivity contribution in [3.8, 4) is 0 Å². The summed E-state index contributed by atoms with van der Waals surface area (Å²) < 4.78 is 0. The van der Waals surface area contributed by atoms with Gasteiger partial charge in [0.05, 0.1) is 0 Å². The molecule has 5 heteroatoms. The van der Waals surface area contributed by atoms with Crippen molar-refractivity contribution >= 4 is 22.6 Å². The van der Waals surface area contributed by atoms with Gasteiger partial charge in [0.1, 0.15) is 11.7 Å². The number of aromatic nitrogens is 1. The third-order valence-corrected chi connectivity index (χ3v) is 2.27. The smallest absolute Gasteiger partial charge is 0.123 e. The molecule has 0 fully saturated rings. The van der Waals surface area contributed by atoms with Gasteiger partial charge >= 0.3 is 0 Å². The molecule has 2 aromatic rings. The van der Waals surface area contributed by atoms with Crippen LogP contribution in [0.4, 0.5) is 0 Å². The number of benzene rings is 1. The van der Waals surface area contributed by atoms with Crippen molar-refractivity contribution in [2.45, 2.75) is 0 Å². The summed E-state index contributed by atoms with van der Waals surface area (Å²) in [6.45, 7) is 0. The van der Waals surface area contributed by atoms with Gasteiger partial charge in [-0.25, -0.2) is 0 Å². The number of H-pyrrole nitrogens is 1. The van der Waals surface area contributed by atoms with Crippen molar-refractivity contribution in [3.63, 3.8) is 0 Å². The SMILES string of the molecule is N=C(N)c1cc(C(=N)N)c2cc[nH]c2c1. The maximum atomic E-state index is 7.45. The molecule has 0 saturated heterocycles. The topological polar surface area (TPSA) is 116 Å². The third kappa shape index (κ3) is 1.43. The average Bonchev–Trinajstić information content (AvgIpc) is 2.62. The van der Waals surface area contributed by atoms with Crippen LogP contribution >= 0.6 is 0 Å². The first kappa shape index (κ1) is 9.26. The molecule has 15 heavy (non-hydrogen) atoms. The van der Waals surface area contributed by atoms with Gasteiger partial charge in [-0.1, -0.05) is 0 Å². The first-order valence-electron chi connectivity index (χ1n) is 4.39. The van der Waals surface area contributed by atoms with Gasteiger partial charge in [-0.2, -0.15) is 0 Å². The lowest BCUT2D eigenvalue weighted by Crippen LogP contribution is -2.15. The fourth-order valence-electron chi connectivity index (χ4n) is 1.55. The summed E-state index contributed by atoms with van der Waals surface area (Å²) >= 11 is 0. The van der Waals surface area contributed by atoms with E-state index in [1.165, 1.54) is 0 Å². The molecule has 0 atom stereocenters. The van der Waals surface area contributed by atoms with E-state index in [0.29, 0.717) is 11.1 Å². The van der Waals surface area contributed by atoms with Gasteiger partial charge in [0.25, 0.3) is 0 Å². The normalized spacial score (nSPS) is 10.4. The van der Waals surface area contributed by atoms with Crippen LogP contribution in [0.3, 0.4) is 0 Å². The average molecular weight is 201 g/mol. The second-order valence-corrected chi connectivity index (χ2v) is 3.29. The van der Waals surface area contributed by atoms with Crippen LogP contribution in [0.1, 0.15) is 11.1 Å². The van der Waals surface area contributed by atoms with Crippen molar-refractivity contribution in [2.75, 3.05) is 0 Å². The largest absolute Gasteiger partial charge is 0.384 e. The Morgan fingerprint density at radius 1 is 1.13 bits per heavy atom. The van der Waals surface area contributed by atoms with Crippen molar-refractivity contribution < 1.29 is 0 Å². The number of nitrogens with one attached hydrogen (secondary N) is 3. The standard InChI is InChI=1S/C10H11N5/c11-9(12)5-3-7(10(13)14)6-1-2-15-8(6)4-5/h1-4,15H,(H3,11,12)(H3,13,14). The molecule has 0 bridgehead atoms. The van der Waals surface area contributed by atoms with E-state index >= 15 is 0 Å². The Balaban J connectivity index is 2.80. The van der Waals surface area contributed by atoms with E-state index in [-0.39, 0.29) is 11.7 Å². The number of aromatic amines is 1. The van der Waals surface area contributed by atoms with Gasteiger partial charge in [-0.15, -0.1) is 0 Å². The van der Waals surface area contributed by atoms with Crippen LogP contribution in [-0.4, -0.2) is 16.7 Å². The first-order valence-corrected chi connectivity index (χ1v) is 4.39. The number of fused-ring (bicyclic) bond motifs is 1. The lowest BCUT2D eigenvalue weighted by atomic mass is 10.0. The van der Waals surface area contributed by atoms with Gasteiger partial charge in [-0.3, -0.25) is 10.8 Å². The van der Waals surface area contributed by atoms with Crippen LogP contribution in [0, 0.1) is 10.8 Å². The Hall–Kier alpha value is -2.30. The van der Waals surface area contributed by atoms with Gasteiger partial charge in [-0.05, 0) is 18.2 Å². The maximum absolute atomic E-state index is 7.45. The maximum Gasteiger partial charge on any atom is 0.123 e. The molecule has 1 aromatic heterocycles. The summed E-state index contributed by atoms with van der Waals surface area (Å²) in [6.07, 6.45) is 1.76. The molecule has 2 rings (SSSR count). The highest BCUT2D eigenvalue weighted by Crippen LogP contribution is 2.19. The Labute approximate surface area is 86.1 Å². The number of amidine groups is 2. The molecule has 0 aliphatic carbocycles.